The molecule has 0 aromatic heterocycles. The summed E-state index contributed by atoms with van der Waals surface area (Å²) in [6.07, 6.45) is 4.97. The third-order valence-corrected chi connectivity index (χ3v) is 3.42. The SMILES string of the molecule is C.C.CCc1cc2c(cc1CC)CC(C)C2. The zero-order chi connectivity index (χ0) is 10.1. The molecule has 0 atom stereocenters. The lowest BCUT2D eigenvalue weighted by atomic mass is 9.97. The molecule has 92 valence electrons. The first-order valence-electron chi connectivity index (χ1n) is 5.88. The van der Waals surface area contributed by atoms with Crippen molar-refractivity contribution in [1.82, 2.24) is 0 Å². The number of aryl methyl sites for hydroxylation is 2. The second-order valence-electron chi connectivity index (χ2n) is 4.61. The van der Waals surface area contributed by atoms with Crippen LogP contribution in [-0.4, -0.2) is 0 Å². The van der Waals surface area contributed by atoms with Crippen LogP contribution in [0.25, 0.3) is 0 Å². The van der Waals surface area contributed by atoms with Crippen molar-refractivity contribution in [2.45, 2.75) is 61.3 Å². The van der Waals surface area contributed by atoms with Crippen molar-refractivity contribution in [3.05, 3.63) is 34.4 Å². The van der Waals surface area contributed by atoms with Gasteiger partial charge in [-0.2, -0.15) is 0 Å². The smallest absolute Gasteiger partial charge is 0.0247 e. The van der Waals surface area contributed by atoms with E-state index in [0.29, 0.717) is 0 Å². The van der Waals surface area contributed by atoms with Crippen molar-refractivity contribution in [2.24, 2.45) is 5.92 Å². The molecule has 0 heteroatoms. The van der Waals surface area contributed by atoms with Crippen LogP contribution in [0.3, 0.4) is 0 Å². The second kappa shape index (κ2) is 6.08. The summed E-state index contributed by atoms with van der Waals surface area (Å²) in [5.74, 6) is 0.863. The average Bonchev–Trinajstić information content (AvgIpc) is 2.54. The Morgan fingerprint density at radius 1 is 0.938 bits per heavy atom. The molecule has 0 fully saturated rings. The van der Waals surface area contributed by atoms with Crippen LogP contribution in [0.5, 0.6) is 0 Å². The molecule has 1 aliphatic rings. The molecule has 0 unspecified atom stereocenters. The highest BCUT2D eigenvalue weighted by Gasteiger charge is 2.18. The summed E-state index contributed by atoms with van der Waals surface area (Å²) in [7, 11) is 0. The van der Waals surface area contributed by atoms with E-state index in [1.165, 1.54) is 25.7 Å². The lowest BCUT2D eigenvalue weighted by Gasteiger charge is -2.09. The maximum Gasteiger partial charge on any atom is -0.0247 e. The molecule has 1 aromatic carbocycles. The van der Waals surface area contributed by atoms with Crippen LogP contribution in [0.15, 0.2) is 12.1 Å². The van der Waals surface area contributed by atoms with Crippen LogP contribution < -0.4 is 0 Å². The maximum atomic E-state index is 2.46. The van der Waals surface area contributed by atoms with Gasteiger partial charge in [-0.1, -0.05) is 47.8 Å². The monoisotopic (exact) mass is 220 g/mol. The lowest BCUT2D eigenvalue weighted by Crippen LogP contribution is -1.94. The van der Waals surface area contributed by atoms with Gasteiger partial charge in [-0.25, -0.2) is 0 Å². The Labute approximate surface area is 102 Å². The molecule has 16 heavy (non-hydrogen) atoms. The molecule has 0 heterocycles. The fraction of sp³-hybridized carbons (Fsp3) is 0.625. The van der Waals surface area contributed by atoms with E-state index in [1.807, 2.05) is 0 Å². The minimum absolute atomic E-state index is 0. The Morgan fingerprint density at radius 2 is 1.31 bits per heavy atom. The first kappa shape index (κ1) is 15.2. The highest BCUT2D eigenvalue weighted by Crippen LogP contribution is 2.29. The van der Waals surface area contributed by atoms with Gasteiger partial charge in [0.2, 0.25) is 0 Å². The minimum Gasteiger partial charge on any atom is -0.0776 e. The van der Waals surface area contributed by atoms with Crippen molar-refractivity contribution in [1.29, 1.82) is 0 Å². The van der Waals surface area contributed by atoms with Crippen molar-refractivity contribution in [3.8, 4) is 0 Å². The summed E-state index contributed by atoms with van der Waals surface area (Å²) in [6, 6.07) is 4.91. The van der Waals surface area contributed by atoms with Crippen LogP contribution >= 0.6 is 0 Å². The molecule has 0 amide bonds. The van der Waals surface area contributed by atoms with Crippen molar-refractivity contribution in [3.63, 3.8) is 0 Å². The van der Waals surface area contributed by atoms with Crippen LogP contribution in [0.1, 0.15) is 57.9 Å². The van der Waals surface area contributed by atoms with Gasteiger partial charge in [-0.15, -0.1) is 0 Å². The van der Waals surface area contributed by atoms with Gasteiger partial charge in [-0.3, -0.25) is 0 Å². The predicted molar refractivity (Wildman–Crippen MR) is 75.2 cm³/mol. The summed E-state index contributed by atoms with van der Waals surface area (Å²) >= 11 is 0. The Morgan fingerprint density at radius 3 is 1.62 bits per heavy atom. The minimum atomic E-state index is 0. The predicted octanol–water partition coefficient (Wildman–Crippen LogP) is 4.82. The van der Waals surface area contributed by atoms with Crippen molar-refractivity contribution >= 4 is 0 Å². The molecule has 0 saturated carbocycles. The highest BCUT2D eigenvalue weighted by molar-refractivity contribution is 5.41. The van der Waals surface area contributed by atoms with Gasteiger partial charge in [0.25, 0.3) is 0 Å². The van der Waals surface area contributed by atoms with E-state index >= 15 is 0 Å². The van der Waals surface area contributed by atoms with E-state index in [9.17, 15) is 0 Å². The molecular formula is C16H28. The Bertz CT molecular complexity index is 303. The molecule has 0 N–H and O–H groups in total. The van der Waals surface area contributed by atoms with Crippen LogP contribution in [-0.2, 0) is 25.7 Å². The van der Waals surface area contributed by atoms with E-state index in [0.717, 1.165) is 5.92 Å². The first-order valence-corrected chi connectivity index (χ1v) is 5.88. The Kier molecular flexibility index (Phi) is 5.78. The molecule has 0 spiro atoms. The zero-order valence-electron chi connectivity index (χ0n) is 9.56. The van der Waals surface area contributed by atoms with Gasteiger partial charge < -0.3 is 0 Å². The van der Waals surface area contributed by atoms with Gasteiger partial charge in [0.05, 0.1) is 0 Å². The van der Waals surface area contributed by atoms with E-state index in [1.54, 1.807) is 22.3 Å². The Hall–Kier alpha value is -0.780. The topological polar surface area (TPSA) is 0 Å². The third-order valence-electron chi connectivity index (χ3n) is 3.42. The van der Waals surface area contributed by atoms with E-state index in [4.69, 9.17) is 0 Å². The molecule has 0 saturated heterocycles. The van der Waals surface area contributed by atoms with Crippen molar-refractivity contribution < 1.29 is 0 Å². The summed E-state index contributed by atoms with van der Waals surface area (Å²) in [5.41, 5.74) is 6.37. The first-order chi connectivity index (χ1) is 6.74. The molecule has 0 bridgehead atoms. The van der Waals surface area contributed by atoms with Gasteiger partial charge >= 0.3 is 0 Å². The number of hydrogen-bond donors (Lipinski definition) is 0. The van der Waals surface area contributed by atoms with Crippen LogP contribution in [0.2, 0.25) is 0 Å². The fourth-order valence-electron chi connectivity index (χ4n) is 2.65. The summed E-state index contributed by atoms with van der Waals surface area (Å²) in [4.78, 5) is 0. The molecule has 1 aromatic rings. The van der Waals surface area contributed by atoms with E-state index in [-0.39, 0.29) is 14.9 Å². The molecule has 2 rings (SSSR count). The standard InChI is InChI=1S/C14H20.2CH4/c1-4-11-8-13-6-10(3)7-14(13)9-12(11)5-2;;/h8-10H,4-7H2,1-3H3;2*1H4. The normalized spacial score (nSPS) is 13.9. The second-order valence-corrected chi connectivity index (χ2v) is 4.61. The largest absolute Gasteiger partial charge is 0.0776 e. The van der Waals surface area contributed by atoms with E-state index < -0.39 is 0 Å². The van der Waals surface area contributed by atoms with Gasteiger partial charge in [0.15, 0.2) is 0 Å². The third kappa shape index (κ3) is 2.66. The lowest BCUT2D eigenvalue weighted by molar-refractivity contribution is 0.627. The number of benzene rings is 1. The average molecular weight is 220 g/mol. The van der Waals surface area contributed by atoms with Gasteiger partial charge in [-0.05, 0) is 53.9 Å². The van der Waals surface area contributed by atoms with Crippen LogP contribution in [0, 0.1) is 5.92 Å². The summed E-state index contributed by atoms with van der Waals surface area (Å²) < 4.78 is 0. The fourth-order valence-corrected chi connectivity index (χ4v) is 2.65. The number of fused-ring (bicyclic) bond motifs is 1. The maximum absolute atomic E-state index is 2.46. The quantitative estimate of drug-likeness (QED) is 0.670. The van der Waals surface area contributed by atoms with Crippen molar-refractivity contribution in [2.75, 3.05) is 0 Å². The molecule has 0 aliphatic heterocycles. The zero-order valence-corrected chi connectivity index (χ0v) is 9.56. The molecule has 1 aliphatic carbocycles. The Balaban J connectivity index is 0.00000112. The van der Waals surface area contributed by atoms with Gasteiger partial charge in [0, 0.05) is 0 Å². The van der Waals surface area contributed by atoms with Gasteiger partial charge in [0.1, 0.15) is 0 Å². The highest BCUT2D eigenvalue weighted by atomic mass is 14.2. The molecular weight excluding hydrogens is 192 g/mol. The van der Waals surface area contributed by atoms with Crippen LogP contribution in [0.4, 0.5) is 0 Å². The number of hydrogen-bond acceptors (Lipinski definition) is 0. The molecule has 0 nitrogen and oxygen atoms in total. The van der Waals surface area contributed by atoms with E-state index in [2.05, 4.69) is 32.9 Å². The summed E-state index contributed by atoms with van der Waals surface area (Å²) in [5, 5.41) is 0. The number of rotatable bonds is 2. The molecule has 0 radical (unpaired) electrons. The summed E-state index contributed by atoms with van der Waals surface area (Å²) in [6.45, 7) is 6.88.